The van der Waals surface area contributed by atoms with Crippen molar-refractivity contribution in [1.29, 1.82) is 0 Å². The third-order valence-electron chi connectivity index (χ3n) is 1.42. The molecule has 1 N–H and O–H groups in total. The van der Waals surface area contributed by atoms with Crippen LogP contribution in [0.3, 0.4) is 0 Å². The predicted octanol–water partition coefficient (Wildman–Crippen LogP) is 0.767. The Bertz CT molecular complexity index is 291. The molecule has 1 rings (SSSR count). The predicted molar refractivity (Wildman–Crippen MR) is 37.6 cm³/mol. The van der Waals surface area contributed by atoms with E-state index in [4.69, 9.17) is 5.11 Å². The fraction of sp³-hybridized carbons (Fsp3) is 0.125. The lowest BCUT2D eigenvalue weighted by Gasteiger charge is -2.08. The average Bonchev–Trinajstić information content (AvgIpc) is 1.94. The Morgan fingerprint density at radius 3 is 2.64 bits per heavy atom. The quantitative estimate of drug-likeness (QED) is 0.644. The van der Waals surface area contributed by atoms with Crippen molar-refractivity contribution in [2.75, 3.05) is 0 Å². The first-order chi connectivity index (χ1) is 5.11. The van der Waals surface area contributed by atoms with Gasteiger partial charge in [-0.15, -0.1) is 5.75 Å². The average molecular weight is 151 g/mol. The fourth-order valence-electron chi connectivity index (χ4n) is 0.782. The SMILES string of the molecule is Cc1cc(C(=O)O)ccc1[O-]. The van der Waals surface area contributed by atoms with Gasteiger partial charge in [-0.05, 0) is 19.1 Å². The molecule has 0 heterocycles. The summed E-state index contributed by atoms with van der Waals surface area (Å²) in [5.41, 5.74) is 0.618. The standard InChI is InChI=1S/C8H8O3/c1-5-4-6(8(10)11)2-3-7(5)9/h2-4,9H,1H3,(H,10,11)/p-1. The van der Waals surface area contributed by atoms with E-state index in [2.05, 4.69) is 0 Å². The van der Waals surface area contributed by atoms with Gasteiger partial charge in [-0.25, -0.2) is 4.79 Å². The molecule has 0 spiro atoms. The Kier molecular flexibility index (Phi) is 1.81. The Balaban J connectivity index is 3.15. The minimum Gasteiger partial charge on any atom is -0.872 e. The maximum absolute atomic E-state index is 10.8. The molecule has 1 aromatic carbocycles. The molecule has 0 saturated carbocycles. The summed E-state index contributed by atoms with van der Waals surface area (Å²) in [6.07, 6.45) is 0. The van der Waals surface area contributed by atoms with Gasteiger partial charge in [0.1, 0.15) is 0 Å². The van der Waals surface area contributed by atoms with Crippen LogP contribution in [0.1, 0.15) is 15.9 Å². The van der Waals surface area contributed by atoms with E-state index in [9.17, 15) is 9.90 Å². The molecule has 0 aliphatic heterocycles. The molecule has 0 bridgehead atoms. The van der Waals surface area contributed by atoms with Crippen molar-refractivity contribution in [1.82, 2.24) is 0 Å². The largest absolute Gasteiger partial charge is 0.872 e. The first-order valence-electron chi connectivity index (χ1n) is 3.12. The van der Waals surface area contributed by atoms with E-state index in [1.54, 1.807) is 6.92 Å². The highest BCUT2D eigenvalue weighted by Crippen LogP contribution is 2.13. The topological polar surface area (TPSA) is 60.4 Å². The summed E-state index contributed by atoms with van der Waals surface area (Å²) >= 11 is 0. The minimum absolute atomic E-state index is 0.130. The number of rotatable bonds is 1. The van der Waals surface area contributed by atoms with Crippen LogP contribution in [0.4, 0.5) is 0 Å². The van der Waals surface area contributed by atoms with Crippen molar-refractivity contribution < 1.29 is 15.0 Å². The van der Waals surface area contributed by atoms with Gasteiger partial charge in [0.15, 0.2) is 0 Å². The molecule has 11 heavy (non-hydrogen) atoms. The van der Waals surface area contributed by atoms with Crippen LogP contribution in [-0.2, 0) is 0 Å². The van der Waals surface area contributed by atoms with Crippen LogP contribution < -0.4 is 5.11 Å². The normalized spacial score (nSPS) is 9.55. The molecule has 3 nitrogen and oxygen atoms in total. The van der Waals surface area contributed by atoms with Crippen LogP contribution >= 0.6 is 0 Å². The first kappa shape index (κ1) is 7.60. The fourth-order valence-corrected chi connectivity index (χ4v) is 0.782. The third-order valence-corrected chi connectivity index (χ3v) is 1.42. The number of hydrogen-bond acceptors (Lipinski definition) is 2. The molecule has 0 unspecified atom stereocenters. The molecule has 0 aliphatic rings. The van der Waals surface area contributed by atoms with Crippen LogP contribution in [0.5, 0.6) is 5.75 Å². The monoisotopic (exact) mass is 151 g/mol. The molecule has 0 aromatic heterocycles. The summed E-state index contributed by atoms with van der Waals surface area (Å²) in [4.78, 5) is 10.4. The van der Waals surface area contributed by atoms with Crippen LogP contribution in [0.15, 0.2) is 18.2 Å². The van der Waals surface area contributed by atoms with E-state index in [-0.39, 0.29) is 11.3 Å². The van der Waals surface area contributed by atoms with E-state index in [1.165, 1.54) is 18.2 Å². The molecule has 0 amide bonds. The van der Waals surface area contributed by atoms with Crippen LogP contribution in [-0.4, -0.2) is 11.1 Å². The summed E-state index contributed by atoms with van der Waals surface area (Å²) in [5, 5.41) is 19.3. The van der Waals surface area contributed by atoms with Crippen molar-refractivity contribution >= 4 is 5.97 Å². The zero-order valence-corrected chi connectivity index (χ0v) is 6.00. The van der Waals surface area contributed by atoms with Crippen LogP contribution in [0.2, 0.25) is 0 Å². The summed E-state index contributed by atoms with van der Waals surface area (Å²) in [6, 6.07) is 3.93. The smallest absolute Gasteiger partial charge is 0.335 e. The Labute approximate surface area is 63.9 Å². The molecule has 0 aliphatic carbocycles. The van der Waals surface area contributed by atoms with Gasteiger partial charge < -0.3 is 10.2 Å². The van der Waals surface area contributed by atoms with Gasteiger partial charge in [-0.3, -0.25) is 0 Å². The molecule has 0 fully saturated rings. The maximum atomic E-state index is 10.8. The van der Waals surface area contributed by atoms with Gasteiger partial charge in [0, 0.05) is 0 Å². The second-order valence-corrected chi connectivity index (χ2v) is 2.29. The number of aryl methyl sites for hydroxylation is 1. The highest BCUT2D eigenvalue weighted by molar-refractivity contribution is 5.88. The Morgan fingerprint density at radius 1 is 1.55 bits per heavy atom. The van der Waals surface area contributed by atoms with Crippen LogP contribution in [0.25, 0.3) is 0 Å². The number of carboxylic acids is 1. The molecular weight excluding hydrogens is 144 g/mol. The highest BCUT2D eigenvalue weighted by Gasteiger charge is 2.00. The van der Waals surface area contributed by atoms with E-state index in [0.717, 1.165) is 0 Å². The zero-order chi connectivity index (χ0) is 8.43. The Hall–Kier alpha value is -1.51. The summed E-state index contributed by atoms with van der Waals surface area (Å²) in [6.45, 7) is 1.59. The zero-order valence-electron chi connectivity index (χ0n) is 6.00. The number of hydrogen-bond donors (Lipinski definition) is 1. The second kappa shape index (κ2) is 2.62. The van der Waals surface area contributed by atoms with E-state index >= 15 is 0 Å². The van der Waals surface area contributed by atoms with E-state index in [1.807, 2.05) is 0 Å². The van der Waals surface area contributed by atoms with Gasteiger partial charge in [0.05, 0.1) is 5.56 Å². The lowest BCUT2D eigenvalue weighted by molar-refractivity contribution is -0.269. The molecular formula is C8H7O3-. The number of carboxylic acid groups (broad SMARTS) is 1. The van der Waals surface area contributed by atoms with E-state index in [0.29, 0.717) is 5.56 Å². The minimum atomic E-state index is -1.01. The molecule has 0 saturated heterocycles. The molecule has 1 aromatic rings. The lowest BCUT2D eigenvalue weighted by atomic mass is 10.1. The maximum Gasteiger partial charge on any atom is 0.335 e. The summed E-state index contributed by atoms with van der Waals surface area (Å²) < 4.78 is 0. The molecule has 58 valence electrons. The van der Waals surface area contributed by atoms with E-state index < -0.39 is 5.97 Å². The van der Waals surface area contributed by atoms with Crippen molar-refractivity contribution in [2.24, 2.45) is 0 Å². The van der Waals surface area contributed by atoms with Gasteiger partial charge in [0.25, 0.3) is 0 Å². The van der Waals surface area contributed by atoms with Gasteiger partial charge >= 0.3 is 5.97 Å². The number of benzene rings is 1. The molecule has 3 heteroatoms. The van der Waals surface area contributed by atoms with Crippen molar-refractivity contribution in [3.05, 3.63) is 29.3 Å². The van der Waals surface area contributed by atoms with Crippen molar-refractivity contribution in [2.45, 2.75) is 6.92 Å². The first-order valence-corrected chi connectivity index (χ1v) is 3.12. The van der Waals surface area contributed by atoms with Gasteiger partial charge in [0.2, 0.25) is 0 Å². The second-order valence-electron chi connectivity index (χ2n) is 2.29. The summed E-state index contributed by atoms with van der Waals surface area (Å²) in [7, 11) is 0. The Morgan fingerprint density at radius 2 is 2.18 bits per heavy atom. The van der Waals surface area contributed by atoms with Crippen molar-refractivity contribution in [3.8, 4) is 5.75 Å². The lowest BCUT2D eigenvalue weighted by Crippen LogP contribution is -1.99. The van der Waals surface area contributed by atoms with Gasteiger partial charge in [-0.1, -0.05) is 11.6 Å². The molecule has 0 radical (unpaired) electrons. The molecule has 0 atom stereocenters. The third kappa shape index (κ3) is 1.49. The number of aromatic carboxylic acids is 1. The van der Waals surface area contributed by atoms with Crippen LogP contribution in [0, 0.1) is 6.92 Å². The summed E-state index contributed by atoms with van der Waals surface area (Å²) in [5.74, 6) is -1.14. The van der Waals surface area contributed by atoms with Gasteiger partial charge in [-0.2, -0.15) is 0 Å². The number of carbonyl (C=O) groups is 1. The van der Waals surface area contributed by atoms with Crippen molar-refractivity contribution in [3.63, 3.8) is 0 Å². The highest BCUT2D eigenvalue weighted by atomic mass is 16.4.